The van der Waals surface area contributed by atoms with Crippen molar-refractivity contribution in [2.45, 2.75) is 71.4 Å². The standard InChI is InChI=1S/C12H23N5O4.C10H15NO2/c1-7(2)9(16-6-18)11(20)17-8(10(13)19)4-3-5-15-12(14)21;1-2-3-4-5-8-11-9(12)6-7-10(11)13/h6-9H,3-5H2,1-2H3,(H2,13,19)(H,16,18)(H,17,20)(H3,14,15,21);6-7H,2-5,8H2,1H3. The second-order valence-electron chi connectivity index (χ2n) is 8.13. The smallest absolute Gasteiger partial charge is 0.312 e. The van der Waals surface area contributed by atoms with Crippen molar-refractivity contribution < 1.29 is 28.8 Å². The molecule has 0 aromatic carbocycles. The first-order valence-electron chi connectivity index (χ1n) is 11.4. The zero-order valence-electron chi connectivity index (χ0n) is 20.2. The molecule has 192 valence electrons. The molecule has 1 aliphatic heterocycles. The van der Waals surface area contributed by atoms with Crippen LogP contribution in [0.25, 0.3) is 0 Å². The Bertz CT molecular complexity index is 721. The predicted octanol–water partition coefficient (Wildman–Crippen LogP) is -0.333. The van der Waals surface area contributed by atoms with Crippen LogP contribution in [0, 0.1) is 5.92 Å². The maximum atomic E-state index is 12.0. The largest absolute Gasteiger partial charge is 0.368 e. The molecule has 0 saturated heterocycles. The summed E-state index contributed by atoms with van der Waals surface area (Å²) >= 11 is 0. The number of nitrogens with zero attached hydrogens (tertiary/aromatic N) is 1. The summed E-state index contributed by atoms with van der Waals surface area (Å²) in [6, 6.07) is -2.28. The van der Waals surface area contributed by atoms with Crippen LogP contribution in [0.5, 0.6) is 0 Å². The van der Waals surface area contributed by atoms with Crippen molar-refractivity contribution in [1.29, 1.82) is 0 Å². The number of nitrogens with two attached hydrogens (primary N) is 2. The SMILES string of the molecule is CC(C)C(NC=O)C(=O)NC(CCCNC(N)=O)C(N)=O.CCCCCCN1C(=O)C=CC1=O. The van der Waals surface area contributed by atoms with E-state index in [0.29, 0.717) is 19.4 Å². The maximum absolute atomic E-state index is 12.0. The van der Waals surface area contributed by atoms with E-state index in [0.717, 1.165) is 12.8 Å². The number of unbranched alkanes of at least 4 members (excludes halogenated alkanes) is 3. The third kappa shape index (κ3) is 12.6. The topological polar surface area (TPSA) is 194 Å². The number of imide groups is 1. The van der Waals surface area contributed by atoms with Gasteiger partial charge in [0.2, 0.25) is 18.2 Å². The summed E-state index contributed by atoms with van der Waals surface area (Å²) in [4.78, 5) is 67.7. The van der Waals surface area contributed by atoms with Crippen molar-refractivity contribution in [3.63, 3.8) is 0 Å². The van der Waals surface area contributed by atoms with Gasteiger partial charge in [-0.1, -0.05) is 40.0 Å². The monoisotopic (exact) mass is 482 g/mol. The molecular formula is C22H38N6O6. The lowest BCUT2D eigenvalue weighted by Crippen LogP contribution is -2.53. The van der Waals surface area contributed by atoms with Crippen molar-refractivity contribution in [1.82, 2.24) is 20.9 Å². The molecule has 0 aliphatic carbocycles. The highest BCUT2D eigenvalue weighted by molar-refractivity contribution is 6.12. The lowest BCUT2D eigenvalue weighted by molar-refractivity contribution is -0.136. The lowest BCUT2D eigenvalue weighted by Gasteiger charge is -2.22. The van der Waals surface area contributed by atoms with E-state index in [1.54, 1.807) is 13.8 Å². The summed E-state index contributed by atoms with van der Waals surface area (Å²) in [5.41, 5.74) is 10.1. The number of carbonyl (C=O) groups is 6. The van der Waals surface area contributed by atoms with Crippen molar-refractivity contribution in [3.05, 3.63) is 12.2 Å². The van der Waals surface area contributed by atoms with Gasteiger partial charge in [0.05, 0.1) is 0 Å². The van der Waals surface area contributed by atoms with Crippen LogP contribution in [-0.2, 0) is 24.0 Å². The van der Waals surface area contributed by atoms with Gasteiger partial charge in [-0.25, -0.2) is 4.79 Å². The molecule has 7 amide bonds. The van der Waals surface area contributed by atoms with E-state index in [-0.39, 0.29) is 30.7 Å². The minimum Gasteiger partial charge on any atom is -0.368 e. The average molecular weight is 483 g/mol. The molecule has 7 N–H and O–H groups in total. The van der Waals surface area contributed by atoms with Gasteiger partial charge in [0.1, 0.15) is 12.1 Å². The first-order chi connectivity index (χ1) is 16.0. The Hall–Kier alpha value is -3.44. The fourth-order valence-corrected chi connectivity index (χ4v) is 3.06. The Labute approximate surface area is 200 Å². The van der Waals surface area contributed by atoms with E-state index < -0.39 is 29.9 Å². The van der Waals surface area contributed by atoms with Crippen molar-refractivity contribution in [3.8, 4) is 0 Å². The Balaban J connectivity index is 0.000000712. The first-order valence-corrected chi connectivity index (χ1v) is 11.4. The molecule has 0 fully saturated rings. The Morgan fingerprint density at radius 2 is 1.65 bits per heavy atom. The second-order valence-corrected chi connectivity index (χ2v) is 8.13. The van der Waals surface area contributed by atoms with Gasteiger partial charge in [0.25, 0.3) is 11.8 Å². The summed E-state index contributed by atoms with van der Waals surface area (Å²) in [7, 11) is 0. The van der Waals surface area contributed by atoms with Gasteiger partial charge in [-0.15, -0.1) is 0 Å². The van der Waals surface area contributed by atoms with Gasteiger partial charge < -0.3 is 27.4 Å². The molecule has 0 aromatic rings. The van der Waals surface area contributed by atoms with Crippen molar-refractivity contribution in [2.24, 2.45) is 17.4 Å². The maximum Gasteiger partial charge on any atom is 0.312 e. The van der Waals surface area contributed by atoms with Gasteiger partial charge in [-0.3, -0.25) is 28.9 Å². The van der Waals surface area contributed by atoms with Gasteiger partial charge >= 0.3 is 6.03 Å². The van der Waals surface area contributed by atoms with Gasteiger partial charge in [0, 0.05) is 25.2 Å². The number of hydrogen-bond acceptors (Lipinski definition) is 6. The molecule has 34 heavy (non-hydrogen) atoms. The second kappa shape index (κ2) is 17.1. The van der Waals surface area contributed by atoms with Crippen molar-refractivity contribution in [2.75, 3.05) is 13.1 Å². The number of urea groups is 1. The molecular weight excluding hydrogens is 444 g/mol. The summed E-state index contributed by atoms with van der Waals surface area (Å²) in [6.45, 7) is 6.50. The van der Waals surface area contributed by atoms with E-state index in [4.69, 9.17) is 11.5 Å². The predicted molar refractivity (Wildman–Crippen MR) is 126 cm³/mol. The quantitative estimate of drug-likeness (QED) is 0.120. The number of nitrogens with one attached hydrogen (secondary N) is 3. The van der Waals surface area contributed by atoms with Crippen LogP contribution in [0.15, 0.2) is 12.2 Å². The highest BCUT2D eigenvalue weighted by Gasteiger charge is 2.26. The molecule has 0 radical (unpaired) electrons. The van der Waals surface area contributed by atoms with E-state index in [2.05, 4.69) is 22.9 Å². The molecule has 0 bridgehead atoms. The number of carbonyl (C=O) groups excluding carboxylic acids is 6. The zero-order valence-corrected chi connectivity index (χ0v) is 20.2. The normalized spacial score (nSPS) is 14.2. The number of rotatable bonds is 15. The molecule has 0 aromatic heterocycles. The van der Waals surface area contributed by atoms with Crippen LogP contribution in [0.3, 0.4) is 0 Å². The highest BCUT2D eigenvalue weighted by Crippen LogP contribution is 2.07. The Morgan fingerprint density at radius 3 is 2.12 bits per heavy atom. The number of hydrogen-bond donors (Lipinski definition) is 5. The minimum absolute atomic E-state index is 0.139. The van der Waals surface area contributed by atoms with Crippen molar-refractivity contribution >= 4 is 36.1 Å². The fourth-order valence-electron chi connectivity index (χ4n) is 3.06. The Kier molecular flexibility index (Phi) is 15.4. The van der Waals surface area contributed by atoms with Crippen LogP contribution in [0.2, 0.25) is 0 Å². The first kappa shape index (κ1) is 30.6. The van der Waals surface area contributed by atoms with E-state index in [1.165, 1.54) is 29.9 Å². The third-order valence-electron chi connectivity index (χ3n) is 4.96. The van der Waals surface area contributed by atoms with Crippen LogP contribution < -0.4 is 27.4 Å². The minimum atomic E-state index is -0.873. The molecule has 0 spiro atoms. The third-order valence-corrected chi connectivity index (χ3v) is 4.96. The van der Waals surface area contributed by atoms with Gasteiger partial charge in [-0.2, -0.15) is 0 Å². The lowest BCUT2D eigenvalue weighted by atomic mass is 10.0. The van der Waals surface area contributed by atoms with E-state index >= 15 is 0 Å². The van der Waals surface area contributed by atoms with E-state index in [9.17, 15) is 28.8 Å². The average Bonchev–Trinajstić information content (AvgIpc) is 3.08. The van der Waals surface area contributed by atoms with Crippen LogP contribution in [0.1, 0.15) is 59.3 Å². The summed E-state index contributed by atoms with van der Waals surface area (Å²) in [5.74, 6) is -1.64. The van der Waals surface area contributed by atoms with Crippen LogP contribution >= 0.6 is 0 Å². The summed E-state index contributed by atoms with van der Waals surface area (Å²) in [6.07, 6.45) is 8.13. The fraction of sp³-hybridized carbons (Fsp3) is 0.636. The zero-order chi connectivity index (χ0) is 26.1. The molecule has 12 nitrogen and oxygen atoms in total. The summed E-state index contributed by atoms with van der Waals surface area (Å²) < 4.78 is 0. The summed E-state index contributed by atoms with van der Waals surface area (Å²) in [5, 5.41) is 7.25. The molecule has 1 aliphatic rings. The van der Waals surface area contributed by atoms with Gasteiger partial charge in [-0.05, 0) is 25.2 Å². The molecule has 1 heterocycles. The van der Waals surface area contributed by atoms with Crippen LogP contribution in [-0.4, -0.2) is 66.1 Å². The molecule has 0 saturated carbocycles. The van der Waals surface area contributed by atoms with E-state index in [1.807, 2.05) is 0 Å². The number of primary amides is 2. The van der Waals surface area contributed by atoms with Crippen LogP contribution in [0.4, 0.5) is 4.79 Å². The highest BCUT2D eigenvalue weighted by atomic mass is 16.2. The molecule has 2 unspecified atom stereocenters. The molecule has 12 heteroatoms. The number of amides is 7. The van der Waals surface area contributed by atoms with Gasteiger partial charge in [0.15, 0.2) is 0 Å². The molecule has 1 rings (SSSR count). The Morgan fingerprint density at radius 1 is 1.03 bits per heavy atom. The molecule has 2 atom stereocenters.